The molecule has 0 saturated heterocycles. The molecule has 0 heterocycles. The molecule has 0 atom stereocenters. The molecular formula is C23H23ClN2O5S. The van der Waals surface area contributed by atoms with Crippen LogP contribution < -0.4 is 19.5 Å². The summed E-state index contributed by atoms with van der Waals surface area (Å²) in [6, 6.07) is 18.5. The quantitative estimate of drug-likeness (QED) is 0.486. The van der Waals surface area contributed by atoms with Gasteiger partial charge < -0.3 is 14.8 Å². The van der Waals surface area contributed by atoms with E-state index in [1.807, 2.05) is 30.3 Å². The van der Waals surface area contributed by atoms with E-state index in [-0.39, 0.29) is 22.8 Å². The second kappa shape index (κ2) is 10.5. The van der Waals surface area contributed by atoms with Crippen molar-refractivity contribution in [3.63, 3.8) is 0 Å². The lowest BCUT2D eigenvalue weighted by Crippen LogP contribution is -2.27. The molecule has 0 radical (unpaired) electrons. The third-order valence-electron chi connectivity index (χ3n) is 4.67. The number of carbonyl (C=O) groups excluding carboxylic acids is 1. The van der Waals surface area contributed by atoms with Crippen LogP contribution in [0.2, 0.25) is 5.02 Å². The van der Waals surface area contributed by atoms with Gasteiger partial charge in [-0.3, -0.25) is 4.79 Å². The summed E-state index contributed by atoms with van der Waals surface area (Å²) in [6.07, 6.45) is 0.525. The minimum absolute atomic E-state index is 0.126. The zero-order chi connectivity index (χ0) is 23.1. The molecule has 0 unspecified atom stereocenters. The monoisotopic (exact) mass is 474 g/mol. The molecule has 32 heavy (non-hydrogen) atoms. The summed E-state index contributed by atoms with van der Waals surface area (Å²) in [5, 5.41) is 3.11. The van der Waals surface area contributed by atoms with Crippen molar-refractivity contribution in [2.45, 2.75) is 11.3 Å². The smallest absolute Gasteiger partial charge is 0.255 e. The Bertz CT molecular complexity index is 1200. The van der Waals surface area contributed by atoms with Crippen molar-refractivity contribution >= 4 is 33.2 Å². The van der Waals surface area contributed by atoms with Crippen LogP contribution in [0, 0.1) is 0 Å². The summed E-state index contributed by atoms with van der Waals surface area (Å²) in [7, 11) is -1.08. The molecule has 0 aliphatic rings. The Morgan fingerprint density at radius 2 is 1.62 bits per heavy atom. The first-order chi connectivity index (χ1) is 15.3. The van der Waals surface area contributed by atoms with Crippen LogP contribution in [0.5, 0.6) is 11.5 Å². The van der Waals surface area contributed by atoms with Crippen LogP contribution in [-0.4, -0.2) is 35.1 Å². The molecule has 1 amide bonds. The second-order valence-corrected chi connectivity index (χ2v) is 8.97. The van der Waals surface area contributed by atoms with E-state index in [1.54, 1.807) is 18.2 Å². The van der Waals surface area contributed by atoms with Crippen molar-refractivity contribution in [3.8, 4) is 11.5 Å². The molecule has 0 aliphatic carbocycles. The molecule has 7 nitrogen and oxygen atoms in total. The summed E-state index contributed by atoms with van der Waals surface area (Å²) in [5.41, 5.74) is 1.51. The molecule has 168 valence electrons. The lowest BCUT2D eigenvalue weighted by Gasteiger charge is -2.14. The number of hydrogen-bond acceptors (Lipinski definition) is 5. The van der Waals surface area contributed by atoms with Gasteiger partial charge in [0.25, 0.3) is 5.91 Å². The van der Waals surface area contributed by atoms with Crippen molar-refractivity contribution in [1.29, 1.82) is 0 Å². The first-order valence-electron chi connectivity index (χ1n) is 9.70. The zero-order valence-corrected chi connectivity index (χ0v) is 19.2. The lowest BCUT2D eigenvalue weighted by atomic mass is 10.2. The Balaban J connectivity index is 1.81. The third kappa shape index (κ3) is 5.79. The predicted molar refractivity (Wildman–Crippen MR) is 124 cm³/mol. The minimum atomic E-state index is -3.92. The maximum absolute atomic E-state index is 12.9. The van der Waals surface area contributed by atoms with Gasteiger partial charge in [-0.1, -0.05) is 41.9 Å². The van der Waals surface area contributed by atoms with Crippen molar-refractivity contribution in [1.82, 2.24) is 4.72 Å². The Labute approximate surface area is 192 Å². The third-order valence-corrected chi connectivity index (χ3v) is 6.39. The van der Waals surface area contributed by atoms with Gasteiger partial charge in [-0.05, 0) is 48.4 Å². The first-order valence-corrected chi connectivity index (χ1v) is 11.6. The molecule has 0 fully saturated rings. The van der Waals surface area contributed by atoms with Gasteiger partial charge in [0.2, 0.25) is 10.0 Å². The average molecular weight is 475 g/mol. The zero-order valence-electron chi connectivity index (χ0n) is 17.6. The number of nitrogens with one attached hydrogen (secondary N) is 2. The number of ether oxygens (including phenoxy) is 2. The fourth-order valence-corrected chi connectivity index (χ4v) is 4.45. The van der Waals surface area contributed by atoms with E-state index < -0.39 is 15.9 Å². The Morgan fingerprint density at radius 1 is 0.938 bits per heavy atom. The van der Waals surface area contributed by atoms with E-state index in [9.17, 15) is 13.2 Å². The number of sulfonamides is 1. The number of hydrogen-bond donors (Lipinski definition) is 2. The maximum Gasteiger partial charge on any atom is 0.255 e. The molecule has 0 aromatic heterocycles. The van der Waals surface area contributed by atoms with Gasteiger partial charge in [-0.2, -0.15) is 0 Å². The highest BCUT2D eigenvalue weighted by atomic mass is 35.5. The topological polar surface area (TPSA) is 93.7 Å². The molecule has 2 N–H and O–H groups in total. The number of halogens is 1. The maximum atomic E-state index is 12.9. The highest BCUT2D eigenvalue weighted by Gasteiger charge is 2.22. The predicted octanol–water partition coefficient (Wildman–Crippen LogP) is 4.13. The van der Waals surface area contributed by atoms with Gasteiger partial charge in [0.15, 0.2) is 0 Å². The average Bonchev–Trinajstić information content (AvgIpc) is 2.79. The van der Waals surface area contributed by atoms with Crippen molar-refractivity contribution in [3.05, 3.63) is 82.9 Å². The van der Waals surface area contributed by atoms with Crippen LogP contribution in [0.3, 0.4) is 0 Å². The van der Waals surface area contributed by atoms with Crippen LogP contribution in [0.1, 0.15) is 15.9 Å². The van der Waals surface area contributed by atoms with Gasteiger partial charge in [0.05, 0.1) is 19.9 Å². The summed E-state index contributed by atoms with van der Waals surface area (Å²) < 4.78 is 38.8. The SMILES string of the molecule is COc1ccc(Cl)cc1NC(=O)c1ccc(OC)c(S(=O)(=O)NCCc2ccccc2)c1. The van der Waals surface area contributed by atoms with Crippen LogP contribution in [0.4, 0.5) is 5.69 Å². The van der Waals surface area contributed by atoms with Crippen LogP contribution in [0.15, 0.2) is 71.6 Å². The summed E-state index contributed by atoms with van der Waals surface area (Å²) in [6.45, 7) is 0.200. The van der Waals surface area contributed by atoms with Crippen molar-refractivity contribution in [2.24, 2.45) is 0 Å². The molecule has 0 aliphatic heterocycles. The number of carbonyl (C=O) groups is 1. The molecule has 3 rings (SSSR count). The fraction of sp³-hybridized carbons (Fsp3) is 0.174. The van der Waals surface area contributed by atoms with Gasteiger partial charge in [0.1, 0.15) is 16.4 Å². The Kier molecular flexibility index (Phi) is 7.74. The first kappa shape index (κ1) is 23.6. The summed E-state index contributed by atoms with van der Waals surface area (Å²) in [5.74, 6) is 0.0368. The number of rotatable bonds is 9. The standard InChI is InChI=1S/C23H23ClN2O5S/c1-30-20-11-9-18(24)15-19(20)26-23(27)17-8-10-21(31-2)22(14-17)32(28,29)25-13-12-16-6-4-3-5-7-16/h3-11,14-15,25H,12-13H2,1-2H3,(H,26,27). The molecule has 0 spiro atoms. The molecule has 3 aromatic rings. The van der Waals surface area contributed by atoms with Crippen molar-refractivity contribution in [2.75, 3.05) is 26.1 Å². The highest BCUT2D eigenvalue weighted by molar-refractivity contribution is 7.89. The Morgan fingerprint density at radius 3 is 2.31 bits per heavy atom. The van der Waals surface area contributed by atoms with E-state index in [2.05, 4.69) is 10.0 Å². The van der Waals surface area contributed by atoms with Gasteiger partial charge in [-0.25, -0.2) is 13.1 Å². The lowest BCUT2D eigenvalue weighted by molar-refractivity contribution is 0.102. The number of anilines is 1. The summed E-state index contributed by atoms with van der Waals surface area (Å²) >= 11 is 6.01. The molecular weight excluding hydrogens is 452 g/mol. The van der Waals surface area contributed by atoms with E-state index in [0.29, 0.717) is 22.9 Å². The van der Waals surface area contributed by atoms with Gasteiger partial charge in [-0.15, -0.1) is 0 Å². The highest BCUT2D eigenvalue weighted by Crippen LogP contribution is 2.29. The van der Waals surface area contributed by atoms with E-state index >= 15 is 0 Å². The fourth-order valence-electron chi connectivity index (χ4n) is 3.05. The minimum Gasteiger partial charge on any atom is -0.495 e. The van der Waals surface area contributed by atoms with Gasteiger partial charge >= 0.3 is 0 Å². The number of methoxy groups -OCH3 is 2. The van der Waals surface area contributed by atoms with Crippen LogP contribution in [0.25, 0.3) is 0 Å². The largest absolute Gasteiger partial charge is 0.495 e. The van der Waals surface area contributed by atoms with Crippen LogP contribution >= 0.6 is 11.6 Å². The van der Waals surface area contributed by atoms with Gasteiger partial charge in [0, 0.05) is 17.1 Å². The number of benzene rings is 3. The van der Waals surface area contributed by atoms with E-state index in [4.69, 9.17) is 21.1 Å². The normalized spacial score (nSPS) is 11.1. The molecule has 9 heteroatoms. The molecule has 3 aromatic carbocycles. The number of amides is 1. The molecule has 0 saturated carbocycles. The van der Waals surface area contributed by atoms with Crippen molar-refractivity contribution < 1.29 is 22.7 Å². The second-order valence-electron chi connectivity index (χ2n) is 6.80. The van der Waals surface area contributed by atoms with Crippen LogP contribution in [-0.2, 0) is 16.4 Å². The van der Waals surface area contributed by atoms with E-state index in [1.165, 1.54) is 32.4 Å². The Hall–Kier alpha value is -3.07. The molecule has 0 bridgehead atoms. The summed E-state index contributed by atoms with van der Waals surface area (Å²) in [4.78, 5) is 12.7. The van der Waals surface area contributed by atoms with E-state index in [0.717, 1.165) is 5.56 Å².